The van der Waals surface area contributed by atoms with Gasteiger partial charge >= 0.3 is 0 Å². The van der Waals surface area contributed by atoms with Crippen LogP contribution in [0.2, 0.25) is 0 Å². The van der Waals surface area contributed by atoms with Gasteiger partial charge in [0.05, 0.1) is 0 Å². The first-order chi connectivity index (χ1) is 25.2. The molecule has 5 aromatic heterocycles. The number of hydrogen-bond donors (Lipinski definition) is 2. The molecule has 0 amide bonds. The maximum absolute atomic E-state index is 5.42. The van der Waals surface area contributed by atoms with Gasteiger partial charge in [0.1, 0.15) is 22.6 Å². The molecule has 2 N–H and O–H groups in total. The molecule has 8 nitrogen and oxygen atoms in total. The molecule has 8 aromatic rings. The largest absolute Gasteiger partial charge is 0.324 e. The molecular formula is C42H32N8S2. The van der Waals surface area contributed by atoms with E-state index in [1.165, 1.54) is 41.8 Å². The molecule has 0 aliphatic carbocycles. The van der Waals surface area contributed by atoms with Gasteiger partial charge in [0.2, 0.25) is 0 Å². The van der Waals surface area contributed by atoms with Crippen LogP contribution in [-0.2, 0) is 0 Å². The van der Waals surface area contributed by atoms with Gasteiger partial charge in [-0.15, -0.1) is 22.7 Å². The van der Waals surface area contributed by atoms with E-state index in [4.69, 9.17) is 29.9 Å². The van der Waals surface area contributed by atoms with E-state index in [-0.39, 0.29) is 0 Å². The quantitative estimate of drug-likeness (QED) is 0.185. The second-order valence-electron chi connectivity index (χ2n) is 13.4. The molecule has 252 valence electrons. The zero-order chi connectivity index (χ0) is 35.4. The fourth-order valence-corrected chi connectivity index (χ4v) is 9.86. The summed E-state index contributed by atoms with van der Waals surface area (Å²) in [5, 5.41) is 3.81. The summed E-state index contributed by atoms with van der Waals surface area (Å²) in [6.07, 6.45) is 0. The molecule has 0 saturated carbocycles. The molecule has 0 saturated heterocycles. The smallest absolute Gasteiger partial charge is 0.165 e. The molecule has 10 heteroatoms. The highest BCUT2D eigenvalue weighted by atomic mass is 32.1. The van der Waals surface area contributed by atoms with E-state index >= 15 is 0 Å². The highest BCUT2D eigenvalue weighted by molar-refractivity contribution is 7.12. The number of thiophene rings is 2. The Bertz CT molecular complexity index is 2850. The van der Waals surface area contributed by atoms with Crippen LogP contribution >= 0.6 is 22.7 Å². The van der Waals surface area contributed by atoms with Gasteiger partial charge in [0.15, 0.2) is 23.3 Å². The first kappa shape index (κ1) is 30.9. The average molecular weight is 713 g/mol. The van der Waals surface area contributed by atoms with Crippen molar-refractivity contribution in [2.75, 3.05) is 0 Å². The van der Waals surface area contributed by atoms with Crippen molar-refractivity contribution < 1.29 is 0 Å². The summed E-state index contributed by atoms with van der Waals surface area (Å²) in [5.74, 6) is 2.42. The number of aryl methyl sites for hydroxylation is 4. The topological polar surface area (TPSA) is 109 Å². The molecule has 0 atom stereocenters. The molecule has 3 aromatic carbocycles. The van der Waals surface area contributed by atoms with Crippen LogP contribution in [0.5, 0.6) is 0 Å². The van der Waals surface area contributed by atoms with E-state index in [1.807, 2.05) is 71.2 Å². The maximum Gasteiger partial charge on any atom is 0.165 e. The van der Waals surface area contributed by atoms with Crippen molar-refractivity contribution in [2.24, 2.45) is 0 Å². The van der Waals surface area contributed by atoms with E-state index in [0.29, 0.717) is 45.9 Å². The third kappa shape index (κ3) is 4.50. The summed E-state index contributed by atoms with van der Waals surface area (Å²) in [6.45, 7) is 13.2. The Balaban J connectivity index is 1.45. The Morgan fingerprint density at radius 1 is 0.385 bits per heavy atom. The van der Waals surface area contributed by atoms with Crippen LogP contribution in [0.3, 0.4) is 0 Å². The molecule has 0 spiro atoms. The molecule has 10 rings (SSSR count). The Morgan fingerprint density at radius 3 is 1.06 bits per heavy atom. The van der Waals surface area contributed by atoms with E-state index < -0.39 is 0 Å². The van der Waals surface area contributed by atoms with Gasteiger partial charge in [-0.3, -0.25) is 0 Å². The van der Waals surface area contributed by atoms with E-state index in [1.54, 1.807) is 0 Å². The molecule has 2 aliphatic heterocycles. The second kappa shape index (κ2) is 11.3. The number of nitrogens with zero attached hydrogens (tertiary/aromatic N) is 6. The fourth-order valence-electron chi connectivity index (χ4n) is 7.72. The Labute approximate surface area is 307 Å². The molecule has 0 radical (unpaired) electrons. The van der Waals surface area contributed by atoms with E-state index in [9.17, 15) is 0 Å². The van der Waals surface area contributed by atoms with Crippen LogP contribution in [0.25, 0.3) is 78.1 Å². The number of fused-ring (bicyclic) bond motifs is 17. The summed E-state index contributed by atoms with van der Waals surface area (Å²) < 4.78 is 0. The summed E-state index contributed by atoms with van der Waals surface area (Å²) in [4.78, 5) is 43.7. The van der Waals surface area contributed by atoms with Crippen molar-refractivity contribution in [1.82, 2.24) is 39.9 Å². The van der Waals surface area contributed by atoms with Crippen LogP contribution in [0.4, 0.5) is 0 Å². The van der Waals surface area contributed by atoms with Crippen LogP contribution in [0, 0.1) is 41.5 Å². The minimum atomic E-state index is 0.594. The third-order valence-corrected chi connectivity index (χ3v) is 12.6. The third-order valence-electron chi connectivity index (χ3n) is 10.4. The summed E-state index contributed by atoms with van der Waals surface area (Å²) in [7, 11) is 0. The Morgan fingerprint density at radius 2 is 0.712 bits per heavy atom. The van der Waals surface area contributed by atoms with Gasteiger partial charge in [0.25, 0.3) is 0 Å². The average Bonchev–Trinajstić information content (AvgIpc) is 3.95. The van der Waals surface area contributed by atoms with Crippen molar-refractivity contribution in [3.63, 3.8) is 0 Å². The van der Waals surface area contributed by atoms with Crippen molar-refractivity contribution >= 4 is 78.0 Å². The maximum atomic E-state index is 5.42. The van der Waals surface area contributed by atoms with Gasteiger partial charge < -0.3 is 9.97 Å². The Hall–Kier alpha value is -5.84. The number of nitrogens with one attached hydrogen (secondary N) is 2. The normalized spacial score (nSPS) is 12.7. The standard InChI is InChI=1S/C42H32N8S2/c1-19-21(3)51-23(5)31(19)33-34(32-20(2)22(4)52-24(32)6)42-49-40-30-18-12-10-16-28(30)38(47-40)45-36-26-14-8-7-13-25(26)35(43-36)44-37-27-15-9-11-17-29(27)39(46-37)48-41(33)50-42/h7-18H,1-6H3,(H2,43,44,45,46,47,48,49,50). The number of H-pyrrole nitrogens is 2. The molecular weight excluding hydrogens is 681 g/mol. The minimum Gasteiger partial charge on any atom is -0.324 e. The zero-order valence-electron chi connectivity index (χ0n) is 29.4. The van der Waals surface area contributed by atoms with Crippen LogP contribution in [0.1, 0.15) is 53.4 Å². The second-order valence-corrected chi connectivity index (χ2v) is 16.3. The van der Waals surface area contributed by atoms with Gasteiger partial charge in [-0.25, -0.2) is 29.9 Å². The number of hydrogen-bond acceptors (Lipinski definition) is 8. The fraction of sp³-hybridized carbons (Fsp3) is 0.143. The molecule has 52 heavy (non-hydrogen) atoms. The van der Waals surface area contributed by atoms with Crippen molar-refractivity contribution in [3.05, 3.63) is 126 Å². The zero-order valence-corrected chi connectivity index (χ0v) is 31.1. The van der Waals surface area contributed by atoms with Gasteiger partial charge in [0, 0.05) is 74.5 Å². The predicted octanol–water partition coefficient (Wildman–Crippen LogP) is 10.5. The highest BCUT2D eigenvalue weighted by Crippen LogP contribution is 2.46. The first-order valence-electron chi connectivity index (χ1n) is 17.2. The monoisotopic (exact) mass is 712 g/mol. The van der Waals surface area contributed by atoms with Crippen molar-refractivity contribution in [3.8, 4) is 22.8 Å². The molecule has 0 fully saturated rings. The molecule has 8 bridgehead atoms. The molecule has 2 aliphatic rings. The number of benzene rings is 3. The SMILES string of the molecule is Cc1sc(C)c(C2=C(c3c(C)sc(C)c3C)c3nc2nc2[nH]c(nc4nc(nc5[nH]c(n3)c3ccccc53)-c3ccccc3-4)c3ccccc23)c1C. The van der Waals surface area contributed by atoms with E-state index in [0.717, 1.165) is 43.8 Å². The summed E-state index contributed by atoms with van der Waals surface area (Å²) >= 11 is 3.62. The lowest BCUT2D eigenvalue weighted by molar-refractivity contribution is 1.11. The number of aromatic amines is 2. The minimum absolute atomic E-state index is 0.594. The lowest BCUT2D eigenvalue weighted by Gasteiger charge is -2.11. The summed E-state index contributed by atoms with van der Waals surface area (Å²) in [6, 6.07) is 24.5. The van der Waals surface area contributed by atoms with Crippen LogP contribution < -0.4 is 0 Å². The highest BCUT2D eigenvalue weighted by Gasteiger charge is 2.32. The Kier molecular flexibility index (Phi) is 6.74. The van der Waals surface area contributed by atoms with Crippen LogP contribution in [-0.4, -0.2) is 39.9 Å². The van der Waals surface area contributed by atoms with Crippen molar-refractivity contribution in [1.29, 1.82) is 0 Å². The number of rotatable bonds is 2. The van der Waals surface area contributed by atoms with Crippen LogP contribution in [0.15, 0.2) is 72.8 Å². The molecule has 7 heterocycles. The summed E-state index contributed by atoms with van der Waals surface area (Å²) in [5.41, 5.74) is 11.4. The number of aromatic nitrogens is 8. The lowest BCUT2D eigenvalue weighted by atomic mass is 9.91. The predicted molar refractivity (Wildman–Crippen MR) is 214 cm³/mol. The van der Waals surface area contributed by atoms with Gasteiger partial charge in [-0.05, 0) is 52.7 Å². The van der Waals surface area contributed by atoms with Gasteiger partial charge in [-0.1, -0.05) is 72.8 Å². The first-order valence-corrected chi connectivity index (χ1v) is 18.9. The van der Waals surface area contributed by atoms with Crippen molar-refractivity contribution in [2.45, 2.75) is 41.5 Å². The lowest BCUT2D eigenvalue weighted by Crippen LogP contribution is -1.97. The molecule has 0 unspecified atom stereocenters. The van der Waals surface area contributed by atoms with E-state index in [2.05, 4.69) is 75.8 Å². The van der Waals surface area contributed by atoms with Gasteiger partial charge in [-0.2, -0.15) is 0 Å².